The van der Waals surface area contributed by atoms with Gasteiger partial charge < -0.3 is 20.6 Å². The number of hydrogen-bond acceptors (Lipinski definition) is 9. The maximum Gasteiger partial charge on any atom is 0.303 e. The lowest BCUT2D eigenvalue weighted by Gasteiger charge is -2.41. The van der Waals surface area contributed by atoms with Gasteiger partial charge in [0.05, 0.1) is 34.6 Å². The van der Waals surface area contributed by atoms with Gasteiger partial charge in [0.25, 0.3) is 0 Å². The quantitative estimate of drug-likeness (QED) is 0.378. The van der Waals surface area contributed by atoms with E-state index in [1.807, 2.05) is 47.4 Å². The number of nitriles is 1. The Morgan fingerprint density at radius 2 is 2.29 bits per heavy atom. The number of carboxylic acid groups (broad SMARTS) is 1. The number of thiophene rings is 1. The lowest BCUT2D eigenvalue weighted by atomic mass is 9.89. The standard InChI is InChI=1S/C23H28N8O2S/c1-3-17(13-30(2)9-4-5-19(32)33)27-22-28-18-6-10-34-21(18)20(29-22)16-11-26-31(12-16)23(7-8-24)14-25-15-23/h6,10-13,25H,3-5,7,9,14-15H2,1-2H3,(H,32,33)(H,27,28,29)/b17-13+. The number of carbonyl (C=O) groups is 1. The summed E-state index contributed by atoms with van der Waals surface area (Å²) >= 11 is 1.59. The summed E-state index contributed by atoms with van der Waals surface area (Å²) in [4.78, 5) is 22.2. The van der Waals surface area contributed by atoms with Crippen LogP contribution in [0.25, 0.3) is 21.5 Å². The fraction of sp³-hybridized carbons (Fsp3) is 0.435. The zero-order valence-electron chi connectivity index (χ0n) is 19.3. The van der Waals surface area contributed by atoms with Crippen molar-refractivity contribution < 1.29 is 9.90 Å². The van der Waals surface area contributed by atoms with Crippen LogP contribution < -0.4 is 10.6 Å². The summed E-state index contributed by atoms with van der Waals surface area (Å²) in [6.45, 7) is 4.12. The van der Waals surface area contributed by atoms with E-state index in [1.165, 1.54) is 0 Å². The highest BCUT2D eigenvalue weighted by molar-refractivity contribution is 7.17. The number of aliphatic carboxylic acids is 1. The van der Waals surface area contributed by atoms with Crippen molar-refractivity contribution in [3.05, 3.63) is 35.7 Å². The van der Waals surface area contributed by atoms with Crippen LogP contribution in [0.3, 0.4) is 0 Å². The van der Waals surface area contributed by atoms with E-state index in [2.05, 4.69) is 26.8 Å². The van der Waals surface area contributed by atoms with Crippen LogP contribution in [0, 0.1) is 11.3 Å². The summed E-state index contributed by atoms with van der Waals surface area (Å²) in [7, 11) is 1.92. The van der Waals surface area contributed by atoms with E-state index in [0.717, 1.165) is 46.7 Å². The molecular formula is C23H28N8O2S. The zero-order chi connectivity index (χ0) is 24.1. The third-order valence-corrected chi connectivity index (χ3v) is 6.80. The summed E-state index contributed by atoms with van der Waals surface area (Å²) in [5.41, 5.74) is 3.17. The number of aromatic nitrogens is 4. The normalized spacial score (nSPS) is 15.0. The Morgan fingerprint density at radius 1 is 1.47 bits per heavy atom. The number of allylic oxidation sites excluding steroid dienone is 1. The number of rotatable bonds is 11. The SMILES string of the molecule is CC/C(=C\N(C)CCCC(=O)O)Nc1nc(-c2cnn(C3(CC#N)CNC3)c2)c2sccc2n1. The molecule has 1 saturated heterocycles. The molecule has 34 heavy (non-hydrogen) atoms. The Labute approximate surface area is 201 Å². The minimum Gasteiger partial charge on any atom is -0.481 e. The van der Waals surface area contributed by atoms with E-state index in [0.29, 0.717) is 25.3 Å². The zero-order valence-corrected chi connectivity index (χ0v) is 20.1. The summed E-state index contributed by atoms with van der Waals surface area (Å²) < 4.78 is 2.87. The molecule has 178 valence electrons. The fourth-order valence-corrected chi connectivity index (χ4v) is 4.76. The molecule has 4 heterocycles. The van der Waals surface area contributed by atoms with Crippen molar-refractivity contribution in [2.45, 2.75) is 38.1 Å². The largest absolute Gasteiger partial charge is 0.481 e. The van der Waals surface area contributed by atoms with E-state index in [-0.39, 0.29) is 12.0 Å². The van der Waals surface area contributed by atoms with Crippen molar-refractivity contribution in [2.24, 2.45) is 0 Å². The monoisotopic (exact) mass is 480 g/mol. The Hall–Kier alpha value is -3.49. The Kier molecular flexibility index (Phi) is 7.09. The highest BCUT2D eigenvalue weighted by atomic mass is 32.1. The summed E-state index contributed by atoms with van der Waals surface area (Å²) in [5.74, 6) is -0.288. The molecule has 1 aliphatic heterocycles. The lowest BCUT2D eigenvalue weighted by Crippen LogP contribution is -2.60. The predicted octanol–water partition coefficient (Wildman–Crippen LogP) is 3.23. The van der Waals surface area contributed by atoms with Crippen LogP contribution in [0.1, 0.15) is 32.6 Å². The van der Waals surface area contributed by atoms with Crippen LogP contribution in [0.5, 0.6) is 0 Å². The van der Waals surface area contributed by atoms with Gasteiger partial charge in [-0.1, -0.05) is 6.92 Å². The first-order valence-electron chi connectivity index (χ1n) is 11.2. The van der Waals surface area contributed by atoms with Crippen molar-refractivity contribution in [1.82, 2.24) is 30.0 Å². The highest BCUT2D eigenvalue weighted by Crippen LogP contribution is 2.33. The Morgan fingerprint density at radius 3 is 2.97 bits per heavy atom. The molecule has 0 amide bonds. The first-order chi connectivity index (χ1) is 16.4. The minimum absolute atomic E-state index is 0.147. The molecular weight excluding hydrogens is 452 g/mol. The van der Waals surface area contributed by atoms with Crippen molar-refractivity contribution in [2.75, 3.05) is 32.0 Å². The van der Waals surface area contributed by atoms with Gasteiger partial charge in [0.2, 0.25) is 5.95 Å². The molecule has 0 aliphatic carbocycles. The van der Waals surface area contributed by atoms with Gasteiger partial charge in [-0.25, -0.2) is 9.97 Å². The molecule has 3 N–H and O–H groups in total. The fourth-order valence-electron chi connectivity index (χ4n) is 3.91. The number of fused-ring (bicyclic) bond motifs is 1. The number of carboxylic acids is 1. The molecule has 0 atom stereocenters. The van der Waals surface area contributed by atoms with E-state index >= 15 is 0 Å². The molecule has 1 aliphatic rings. The molecule has 1 fully saturated rings. The second-order valence-corrected chi connectivity index (χ2v) is 9.39. The van der Waals surface area contributed by atoms with Gasteiger partial charge in [0.1, 0.15) is 5.54 Å². The molecule has 0 spiro atoms. The van der Waals surface area contributed by atoms with Crippen LogP contribution in [0.15, 0.2) is 35.7 Å². The van der Waals surface area contributed by atoms with Gasteiger partial charge >= 0.3 is 5.97 Å². The first-order valence-corrected chi connectivity index (χ1v) is 12.1. The molecule has 4 rings (SSSR count). The lowest BCUT2D eigenvalue weighted by molar-refractivity contribution is -0.137. The third kappa shape index (κ3) is 5.03. The molecule has 3 aromatic heterocycles. The number of nitrogens with zero attached hydrogens (tertiary/aromatic N) is 6. The highest BCUT2D eigenvalue weighted by Gasteiger charge is 2.39. The molecule has 10 nitrogen and oxygen atoms in total. The molecule has 0 aromatic carbocycles. The summed E-state index contributed by atoms with van der Waals surface area (Å²) in [6, 6.07) is 4.25. The van der Waals surface area contributed by atoms with Gasteiger partial charge in [-0.15, -0.1) is 11.3 Å². The van der Waals surface area contributed by atoms with Gasteiger partial charge in [0, 0.05) is 56.8 Å². The van der Waals surface area contributed by atoms with E-state index < -0.39 is 5.97 Å². The van der Waals surface area contributed by atoms with E-state index in [4.69, 9.17) is 10.1 Å². The minimum atomic E-state index is -0.786. The molecule has 0 radical (unpaired) electrons. The maximum absolute atomic E-state index is 10.8. The molecule has 0 unspecified atom stereocenters. The molecule has 0 bridgehead atoms. The predicted molar refractivity (Wildman–Crippen MR) is 131 cm³/mol. The molecule has 0 saturated carbocycles. The van der Waals surface area contributed by atoms with Crippen molar-refractivity contribution in [3.8, 4) is 17.3 Å². The van der Waals surface area contributed by atoms with Gasteiger partial charge in [-0.2, -0.15) is 10.4 Å². The average Bonchev–Trinajstić information content (AvgIpc) is 3.45. The van der Waals surface area contributed by atoms with Gasteiger partial charge in [-0.3, -0.25) is 9.48 Å². The Balaban J connectivity index is 1.59. The number of anilines is 1. The second-order valence-electron chi connectivity index (χ2n) is 8.48. The van der Waals surface area contributed by atoms with Crippen molar-refractivity contribution in [1.29, 1.82) is 5.26 Å². The average molecular weight is 481 g/mol. The number of nitrogens with one attached hydrogen (secondary N) is 2. The van der Waals surface area contributed by atoms with Crippen LogP contribution in [0.2, 0.25) is 0 Å². The first kappa shape index (κ1) is 23.7. The van der Waals surface area contributed by atoms with Crippen LogP contribution in [0.4, 0.5) is 5.95 Å². The van der Waals surface area contributed by atoms with Gasteiger partial charge in [0.15, 0.2) is 0 Å². The van der Waals surface area contributed by atoms with E-state index in [1.54, 1.807) is 17.5 Å². The second kappa shape index (κ2) is 10.2. The van der Waals surface area contributed by atoms with Crippen molar-refractivity contribution >= 4 is 33.5 Å². The topological polar surface area (TPSA) is 132 Å². The van der Waals surface area contributed by atoms with Crippen LogP contribution >= 0.6 is 11.3 Å². The third-order valence-electron chi connectivity index (χ3n) is 5.89. The summed E-state index contributed by atoms with van der Waals surface area (Å²) in [6.07, 6.45) is 7.60. The molecule has 3 aromatic rings. The summed E-state index contributed by atoms with van der Waals surface area (Å²) in [5, 5.41) is 31.3. The van der Waals surface area contributed by atoms with Crippen LogP contribution in [-0.2, 0) is 10.3 Å². The number of hydrogen-bond donors (Lipinski definition) is 3. The molecule has 11 heteroatoms. The maximum atomic E-state index is 10.8. The van der Waals surface area contributed by atoms with E-state index in [9.17, 15) is 10.1 Å². The van der Waals surface area contributed by atoms with Crippen LogP contribution in [-0.4, -0.2) is 62.4 Å². The smallest absolute Gasteiger partial charge is 0.303 e. The van der Waals surface area contributed by atoms with Gasteiger partial charge in [-0.05, 0) is 24.3 Å². The Bertz CT molecular complexity index is 1240. The van der Waals surface area contributed by atoms with Crippen molar-refractivity contribution in [3.63, 3.8) is 0 Å².